The van der Waals surface area contributed by atoms with Crippen molar-refractivity contribution in [1.82, 2.24) is 14.8 Å². The quantitative estimate of drug-likeness (QED) is 0.744. The number of sulfone groups is 1. The van der Waals surface area contributed by atoms with Crippen LogP contribution in [0, 0.1) is 6.92 Å². The molecule has 0 aliphatic heterocycles. The molecule has 0 aliphatic carbocycles. The average molecular weight is 345 g/mol. The summed E-state index contributed by atoms with van der Waals surface area (Å²) in [4.78, 5) is -0.101. The van der Waals surface area contributed by atoms with Gasteiger partial charge in [-0.15, -0.1) is 10.2 Å². The van der Waals surface area contributed by atoms with Gasteiger partial charge in [0.15, 0.2) is 5.82 Å². The van der Waals surface area contributed by atoms with Gasteiger partial charge >= 0.3 is 0 Å². The molecule has 0 fully saturated rings. The SMILES string of the molecule is COS(=O)(=O)c1ccc(C)cc1-c1nnc(S(C)(=O)=O)n1C. The Morgan fingerprint density at radius 1 is 1.14 bits per heavy atom. The number of rotatable bonds is 4. The maximum absolute atomic E-state index is 12.0. The fourth-order valence-corrected chi connectivity index (χ4v) is 3.61. The molecule has 120 valence electrons. The van der Waals surface area contributed by atoms with Gasteiger partial charge < -0.3 is 4.57 Å². The molecular weight excluding hydrogens is 330 g/mol. The van der Waals surface area contributed by atoms with E-state index >= 15 is 0 Å². The Kier molecular flexibility index (Phi) is 4.11. The number of nitrogens with zero attached hydrogens (tertiary/aromatic N) is 3. The monoisotopic (exact) mass is 345 g/mol. The van der Waals surface area contributed by atoms with Gasteiger partial charge in [-0.3, -0.25) is 4.18 Å². The molecule has 0 aliphatic rings. The molecule has 10 heteroatoms. The van der Waals surface area contributed by atoms with E-state index < -0.39 is 20.0 Å². The van der Waals surface area contributed by atoms with Gasteiger partial charge in [0.2, 0.25) is 15.0 Å². The van der Waals surface area contributed by atoms with Crippen LogP contribution in [0.5, 0.6) is 0 Å². The van der Waals surface area contributed by atoms with Gasteiger partial charge in [0.25, 0.3) is 10.1 Å². The minimum absolute atomic E-state index is 0.101. The van der Waals surface area contributed by atoms with Crippen molar-refractivity contribution in [3.8, 4) is 11.4 Å². The average Bonchev–Trinajstić information content (AvgIpc) is 2.80. The Labute approximate surface area is 128 Å². The number of aryl methyl sites for hydroxylation is 1. The molecular formula is C12H15N3O5S2. The number of benzene rings is 1. The Hall–Kier alpha value is -1.78. The van der Waals surface area contributed by atoms with Gasteiger partial charge in [-0.2, -0.15) is 8.42 Å². The zero-order valence-corrected chi connectivity index (χ0v) is 14.1. The van der Waals surface area contributed by atoms with Crippen LogP contribution in [-0.2, 0) is 31.2 Å². The predicted octanol–water partition coefficient (Wildman–Crippen LogP) is 0.529. The molecule has 1 aromatic carbocycles. The van der Waals surface area contributed by atoms with E-state index in [0.717, 1.165) is 18.9 Å². The first kappa shape index (κ1) is 16.6. The molecule has 0 saturated carbocycles. The highest BCUT2D eigenvalue weighted by Gasteiger charge is 2.25. The molecule has 0 bridgehead atoms. The van der Waals surface area contributed by atoms with E-state index in [2.05, 4.69) is 14.4 Å². The summed E-state index contributed by atoms with van der Waals surface area (Å²) in [6.07, 6.45) is 1.00. The van der Waals surface area contributed by atoms with E-state index in [1.54, 1.807) is 19.1 Å². The smallest absolute Gasteiger partial charge is 0.297 e. The number of aromatic nitrogens is 3. The van der Waals surface area contributed by atoms with Gasteiger partial charge in [-0.05, 0) is 19.1 Å². The lowest BCUT2D eigenvalue weighted by atomic mass is 10.1. The maximum Gasteiger partial charge on any atom is 0.297 e. The van der Waals surface area contributed by atoms with Crippen LogP contribution in [0.4, 0.5) is 0 Å². The summed E-state index contributed by atoms with van der Waals surface area (Å²) in [5.74, 6) is 0.125. The van der Waals surface area contributed by atoms with Crippen LogP contribution in [0.15, 0.2) is 28.3 Å². The van der Waals surface area contributed by atoms with Crippen molar-refractivity contribution < 1.29 is 21.0 Å². The molecule has 0 spiro atoms. The normalized spacial score (nSPS) is 12.5. The third-order valence-corrected chi connectivity index (χ3v) is 5.38. The molecule has 1 aromatic heterocycles. The molecule has 8 nitrogen and oxygen atoms in total. The molecule has 0 unspecified atom stereocenters. The largest absolute Gasteiger partial charge is 0.301 e. The minimum atomic E-state index is -3.97. The molecule has 2 rings (SSSR count). The summed E-state index contributed by atoms with van der Waals surface area (Å²) < 4.78 is 53.1. The van der Waals surface area contributed by atoms with Crippen LogP contribution >= 0.6 is 0 Å². The van der Waals surface area contributed by atoms with E-state index in [1.165, 1.54) is 17.7 Å². The van der Waals surface area contributed by atoms with Crippen molar-refractivity contribution in [2.75, 3.05) is 13.4 Å². The fourth-order valence-electron chi connectivity index (χ4n) is 2.00. The van der Waals surface area contributed by atoms with Crippen LogP contribution in [-0.4, -0.2) is 45.0 Å². The van der Waals surface area contributed by atoms with E-state index in [4.69, 9.17) is 0 Å². The Bertz CT molecular complexity index is 930. The highest BCUT2D eigenvalue weighted by atomic mass is 32.2. The number of hydrogen-bond donors (Lipinski definition) is 0. The van der Waals surface area contributed by atoms with Gasteiger partial charge in [0.05, 0.1) is 7.11 Å². The van der Waals surface area contributed by atoms with Gasteiger partial charge in [-0.25, -0.2) is 8.42 Å². The molecule has 0 saturated heterocycles. The number of hydrogen-bond acceptors (Lipinski definition) is 7. The molecule has 0 N–H and O–H groups in total. The highest BCUT2D eigenvalue weighted by Crippen LogP contribution is 2.28. The van der Waals surface area contributed by atoms with Crippen molar-refractivity contribution >= 4 is 20.0 Å². The minimum Gasteiger partial charge on any atom is -0.301 e. The van der Waals surface area contributed by atoms with Crippen LogP contribution in [0.25, 0.3) is 11.4 Å². The van der Waals surface area contributed by atoms with Gasteiger partial charge in [-0.1, -0.05) is 11.6 Å². The first-order chi connectivity index (χ1) is 10.1. The van der Waals surface area contributed by atoms with Crippen molar-refractivity contribution in [1.29, 1.82) is 0 Å². The first-order valence-corrected chi connectivity index (χ1v) is 9.39. The molecule has 0 atom stereocenters. The zero-order valence-electron chi connectivity index (χ0n) is 12.4. The summed E-state index contributed by atoms with van der Waals surface area (Å²) in [6, 6.07) is 4.59. The third kappa shape index (κ3) is 2.89. The van der Waals surface area contributed by atoms with Crippen LogP contribution < -0.4 is 0 Å². The zero-order chi connectivity index (χ0) is 16.7. The second kappa shape index (κ2) is 5.45. The van der Waals surface area contributed by atoms with Crippen LogP contribution in [0.3, 0.4) is 0 Å². The molecule has 1 heterocycles. The van der Waals surface area contributed by atoms with Gasteiger partial charge in [0.1, 0.15) is 4.90 Å². The second-order valence-electron chi connectivity index (χ2n) is 4.76. The fraction of sp³-hybridized carbons (Fsp3) is 0.333. The predicted molar refractivity (Wildman–Crippen MR) is 78.5 cm³/mol. The summed E-state index contributed by atoms with van der Waals surface area (Å²) in [5, 5.41) is 7.20. The molecule has 22 heavy (non-hydrogen) atoms. The standard InChI is InChI=1S/C12H15N3O5S2/c1-8-5-6-10(22(18,19)20-3)9(7-8)11-13-14-12(15(11)2)21(4,16)17/h5-7H,1-4H3. The maximum atomic E-state index is 12.0. The summed E-state index contributed by atoms with van der Waals surface area (Å²) >= 11 is 0. The third-order valence-electron chi connectivity index (χ3n) is 3.03. The highest BCUT2D eigenvalue weighted by molar-refractivity contribution is 7.90. The first-order valence-electron chi connectivity index (χ1n) is 6.09. The van der Waals surface area contributed by atoms with Crippen molar-refractivity contribution in [3.63, 3.8) is 0 Å². The second-order valence-corrected chi connectivity index (χ2v) is 8.35. The topological polar surface area (TPSA) is 108 Å². The summed E-state index contributed by atoms with van der Waals surface area (Å²) in [5.41, 5.74) is 1.01. The van der Waals surface area contributed by atoms with E-state index in [9.17, 15) is 16.8 Å². The summed E-state index contributed by atoms with van der Waals surface area (Å²) in [6.45, 7) is 1.78. The van der Waals surface area contributed by atoms with Crippen molar-refractivity contribution in [2.24, 2.45) is 7.05 Å². The van der Waals surface area contributed by atoms with E-state index in [0.29, 0.717) is 0 Å². The lowest BCUT2D eigenvalue weighted by molar-refractivity contribution is 0.398. The van der Waals surface area contributed by atoms with Crippen LogP contribution in [0.2, 0.25) is 0 Å². The molecule has 0 amide bonds. The Morgan fingerprint density at radius 3 is 2.27 bits per heavy atom. The van der Waals surface area contributed by atoms with Crippen LogP contribution in [0.1, 0.15) is 5.56 Å². The lowest BCUT2D eigenvalue weighted by Crippen LogP contribution is -2.09. The van der Waals surface area contributed by atoms with Gasteiger partial charge in [0, 0.05) is 18.9 Å². The van der Waals surface area contributed by atoms with Crippen molar-refractivity contribution in [2.45, 2.75) is 17.0 Å². The Morgan fingerprint density at radius 2 is 1.77 bits per heavy atom. The molecule has 0 radical (unpaired) electrons. The lowest BCUT2D eigenvalue weighted by Gasteiger charge is -2.10. The molecule has 2 aromatic rings. The van der Waals surface area contributed by atoms with E-state index in [1.807, 2.05) is 0 Å². The van der Waals surface area contributed by atoms with Crippen molar-refractivity contribution in [3.05, 3.63) is 23.8 Å². The van der Waals surface area contributed by atoms with E-state index in [-0.39, 0.29) is 21.4 Å². The summed E-state index contributed by atoms with van der Waals surface area (Å²) in [7, 11) is -5.03. The Balaban J connectivity index is 2.79.